The number of halogens is 4. The van der Waals surface area contributed by atoms with Gasteiger partial charge in [-0.1, -0.05) is 0 Å². The second-order valence-electron chi connectivity index (χ2n) is 3.29. The molecule has 0 aromatic rings. The smallest absolute Gasteiger partial charge is 0.437 e. The fourth-order valence-electron chi connectivity index (χ4n) is 1.32. The summed E-state index contributed by atoms with van der Waals surface area (Å²) in [6, 6.07) is 0. The SMILES string of the molecule is NC1(OC(=O)C(F)(F)F)CCC(F)C1. The van der Waals surface area contributed by atoms with E-state index in [-0.39, 0.29) is 19.3 Å². The minimum Gasteiger partial charge on any atom is -0.437 e. The zero-order valence-electron chi connectivity index (χ0n) is 7.10. The topological polar surface area (TPSA) is 52.3 Å². The lowest BCUT2D eigenvalue weighted by atomic mass is 10.2. The maximum Gasteiger partial charge on any atom is 0.490 e. The molecule has 2 unspecified atom stereocenters. The number of ether oxygens (including phenoxy) is 1. The van der Waals surface area contributed by atoms with Crippen LogP contribution in [-0.4, -0.2) is 24.0 Å². The summed E-state index contributed by atoms with van der Waals surface area (Å²) in [6.45, 7) is 0. The molecule has 2 atom stereocenters. The quantitative estimate of drug-likeness (QED) is 0.407. The van der Waals surface area contributed by atoms with Crippen molar-refractivity contribution in [1.29, 1.82) is 0 Å². The highest BCUT2D eigenvalue weighted by Crippen LogP contribution is 2.32. The molecule has 0 bridgehead atoms. The third kappa shape index (κ3) is 2.57. The van der Waals surface area contributed by atoms with Gasteiger partial charge in [0.15, 0.2) is 5.72 Å². The van der Waals surface area contributed by atoms with Gasteiger partial charge in [-0.25, -0.2) is 9.18 Å². The van der Waals surface area contributed by atoms with Crippen molar-refractivity contribution in [1.82, 2.24) is 0 Å². The van der Waals surface area contributed by atoms with Gasteiger partial charge in [0.1, 0.15) is 6.17 Å². The number of carbonyl (C=O) groups is 1. The molecule has 1 saturated carbocycles. The van der Waals surface area contributed by atoms with E-state index in [2.05, 4.69) is 4.74 Å². The molecule has 14 heavy (non-hydrogen) atoms. The Morgan fingerprint density at radius 3 is 2.43 bits per heavy atom. The number of nitrogens with two attached hydrogens (primary N) is 1. The number of carbonyl (C=O) groups excluding carboxylic acids is 1. The Kier molecular flexibility index (Phi) is 2.71. The lowest BCUT2D eigenvalue weighted by Gasteiger charge is -2.24. The van der Waals surface area contributed by atoms with Gasteiger partial charge in [0, 0.05) is 12.8 Å². The van der Waals surface area contributed by atoms with Crippen molar-refractivity contribution < 1.29 is 27.1 Å². The molecule has 7 heteroatoms. The van der Waals surface area contributed by atoms with Gasteiger partial charge < -0.3 is 4.74 Å². The molecule has 1 fully saturated rings. The van der Waals surface area contributed by atoms with E-state index in [0.29, 0.717) is 0 Å². The Morgan fingerprint density at radius 2 is 2.07 bits per heavy atom. The van der Waals surface area contributed by atoms with Crippen molar-refractivity contribution in [3.8, 4) is 0 Å². The van der Waals surface area contributed by atoms with Crippen molar-refractivity contribution in [2.24, 2.45) is 5.73 Å². The van der Waals surface area contributed by atoms with Crippen LogP contribution in [0.1, 0.15) is 19.3 Å². The van der Waals surface area contributed by atoms with E-state index < -0.39 is 24.0 Å². The predicted octanol–water partition coefficient (Wildman–Crippen LogP) is 1.27. The second-order valence-corrected chi connectivity index (χ2v) is 3.29. The molecule has 82 valence electrons. The Bertz CT molecular complexity index is 242. The standard InChI is InChI=1S/C7H9F4NO2/c8-4-1-2-6(12,3-4)14-5(13)7(9,10)11/h4H,1-3,12H2. The van der Waals surface area contributed by atoms with Crippen LogP contribution in [0, 0.1) is 0 Å². The first-order valence-electron chi connectivity index (χ1n) is 3.96. The summed E-state index contributed by atoms with van der Waals surface area (Å²) in [5.41, 5.74) is 3.46. The molecule has 0 aromatic carbocycles. The van der Waals surface area contributed by atoms with E-state index in [0.717, 1.165) is 0 Å². The van der Waals surface area contributed by atoms with Gasteiger partial charge in [0.2, 0.25) is 0 Å². The highest BCUT2D eigenvalue weighted by Gasteiger charge is 2.47. The predicted molar refractivity (Wildman–Crippen MR) is 37.8 cm³/mol. The van der Waals surface area contributed by atoms with Crippen molar-refractivity contribution in [3.63, 3.8) is 0 Å². The van der Waals surface area contributed by atoms with Crippen LogP contribution in [0.25, 0.3) is 0 Å². The monoisotopic (exact) mass is 215 g/mol. The van der Waals surface area contributed by atoms with Crippen LogP contribution in [0.4, 0.5) is 17.6 Å². The largest absolute Gasteiger partial charge is 0.490 e. The summed E-state index contributed by atoms with van der Waals surface area (Å²) in [7, 11) is 0. The maximum atomic E-state index is 12.6. The van der Waals surface area contributed by atoms with Crippen LogP contribution in [-0.2, 0) is 9.53 Å². The molecular weight excluding hydrogens is 206 g/mol. The minimum atomic E-state index is -5.08. The minimum absolute atomic E-state index is 0.0155. The summed E-state index contributed by atoms with van der Waals surface area (Å²) >= 11 is 0. The van der Waals surface area contributed by atoms with Gasteiger partial charge in [-0.2, -0.15) is 13.2 Å². The van der Waals surface area contributed by atoms with Crippen LogP contribution in [0.5, 0.6) is 0 Å². The zero-order valence-corrected chi connectivity index (χ0v) is 7.10. The van der Waals surface area contributed by atoms with Gasteiger partial charge in [0.25, 0.3) is 0 Å². The third-order valence-electron chi connectivity index (χ3n) is 1.98. The summed E-state index contributed by atoms with van der Waals surface area (Å²) in [5.74, 6) is -2.37. The maximum absolute atomic E-state index is 12.6. The fourth-order valence-corrected chi connectivity index (χ4v) is 1.32. The first-order valence-corrected chi connectivity index (χ1v) is 3.96. The molecule has 1 aliphatic rings. The fraction of sp³-hybridized carbons (Fsp3) is 0.857. The number of hydrogen-bond acceptors (Lipinski definition) is 3. The number of alkyl halides is 4. The second kappa shape index (κ2) is 3.38. The summed E-state index contributed by atoms with van der Waals surface area (Å²) in [5, 5.41) is 0. The van der Waals surface area contributed by atoms with Crippen molar-refractivity contribution in [3.05, 3.63) is 0 Å². The molecule has 0 amide bonds. The molecule has 0 radical (unpaired) electrons. The summed E-state index contributed by atoms with van der Waals surface area (Å²) in [6.07, 6.45) is -6.84. The number of rotatable bonds is 1. The van der Waals surface area contributed by atoms with Crippen LogP contribution < -0.4 is 5.73 Å². The first-order chi connectivity index (χ1) is 6.23. The Balaban J connectivity index is 2.56. The van der Waals surface area contributed by atoms with Crippen LogP contribution >= 0.6 is 0 Å². The van der Waals surface area contributed by atoms with Crippen LogP contribution in [0.15, 0.2) is 0 Å². The van der Waals surface area contributed by atoms with E-state index in [9.17, 15) is 22.4 Å². The molecule has 2 N–H and O–H groups in total. The molecule has 0 aliphatic heterocycles. The number of esters is 1. The van der Waals surface area contributed by atoms with Crippen molar-refractivity contribution in [2.45, 2.75) is 37.3 Å². The van der Waals surface area contributed by atoms with E-state index in [1.54, 1.807) is 0 Å². The van der Waals surface area contributed by atoms with Gasteiger partial charge in [-0.3, -0.25) is 5.73 Å². The van der Waals surface area contributed by atoms with Crippen LogP contribution in [0.2, 0.25) is 0 Å². The Morgan fingerprint density at radius 1 is 1.50 bits per heavy atom. The van der Waals surface area contributed by atoms with E-state index in [1.165, 1.54) is 0 Å². The van der Waals surface area contributed by atoms with Crippen LogP contribution in [0.3, 0.4) is 0 Å². The van der Waals surface area contributed by atoms with E-state index in [4.69, 9.17) is 5.73 Å². The molecule has 0 heterocycles. The lowest BCUT2D eigenvalue weighted by molar-refractivity contribution is -0.213. The van der Waals surface area contributed by atoms with E-state index >= 15 is 0 Å². The highest BCUT2D eigenvalue weighted by molar-refractivity contribution is 5.76. The summed E-state index contributed by atoms with van der Waals surface area (Å²) in [4.78, 5) is 10.4. The number of hydrogen-bond donors (Lipinski definition) is 1. The lowest BCUT2D eigenvalue weighted by Crippen LogP contribution is -2.45. The van der Waals surface area contributed by atoms with Crippen molar-refractivity contribution >= 4 is 5.97 Å². The Hall–Kier alpha value is -0.850. The van der Waals surface area contributed by atoms with Gasteiger partial charge >= 0.3 is 12.1 Å². The molecule has 3 nitrogen and oxygen atoms in total. The molecule has 0 aromatic heterocycles. The average Bonchev–Trinajstić information content (AvgIpc) is 2.28. The molecule has 1 rings (SSSR count). The van der Waals surface area contributed by atoms with Gasteiger partial charge in [-0.15, -0.1) is 0 Å². The molecule has 0 spiro atoms. The summed E-state index contributed by atoms with van der Waals surface area (Å²) < 4.78 is 51.9. The highest BCUT2D eigenvalue weighted by atomic mass is 19.4. The van der Waals surface area contributed by atoms with Gasteiger partial charge in [0.05, 0.1) is 0 Å². The third-order valence-corrected chi connectivity index (χ3v) is 1.98. The average molecular weight is 215 g/mol. The zero-order chi connectivity index (χ0) is 11.0. The normalized spacial score (nSPS) is 33.1. The molecule has 1 aliphatic carbocycles. The van der Waals surface area contributed by atoms with Crippen molar-refractivity contribution in [2.75, 3.05) is 0 Å². The van der Waals surface area contributed by atoms with Gasteiger partial charge in [-0.05, 0) is 6.42 Å². The Labute approximate surface area is 77.2 Å². The molecular formula is C7H9F4NO2. The first kappa shape index (κ1) is 11.2. The molecule has 0 saturated heterocycles. The van der Waals surface area contributed by atoms with E-state index in [1.807, 2.05) is 0 Å².